The standard InChI is InChI=1S/C15H17N5OS/c1-2-7-22-10-14(21)19-12-3-5-13(6-4-12)20-15(17)11(8-16)9-18-20/h3-6,9H,2,7,10,17H2,1H3,(H,19,21). The summed E-state index contributed by atoms with van der Waals surface area (Å²) in [6.07, 6.45) is 2.48. The molecule has 1 aromatic heterocycles. The molecule has 2 rings (SSSR count). The molecule has 2 aromatic rings. The Kier molecular flexibility index (Phi) is 5.44. The Morgan fingerprint density at radius 1 is 1.45 bits per heavy atom. The number of benzene rings is 1. The van der Waals surface area contributed by atoms with E-state index in [1.807, 2.05) is 6.07 Å². The molecule has 0 saturated carbocycles. The summed E-state index contributed by atoms with van der Waals surface area (Å²) in [6, 6.07) is 9.13. The molecule has 7 heteroatoms. The average Bonchev–Trinajstić information content (AvgIpc) is 2.89. The highest BCUT2D eigenvalue weighted by Gasteiger charge is 2.08. The topological polar surface area (TPSA) is 96.7 Å². The van der Waals surface area contributed by atoms with Crippen LogP contribution in [0.5, 0.6) is 0 Å². The van der Waals surface area contributed by atoms with Crippen molar-refractivity contribution in [3.63, 3.8) is 0 Å². The maximum atomic E-state index is 11.7. The van der Waals surface area contributed by atoms with Crippen molar-refractivity contribution < 1.29 is 4.79 Å². The van der Waals surface area contributed by atoms with Gasteiger partial charge in [0, 0.05) is 5.69 Å². The normalized spacial score (nSPS) is 10.2. The summed E-state index contributed by atoms with van der Waals surface area (Å²) < 4.78 is 1.49. The van der Waals surface area contributed by atoms with Gasteiger partial charge in [0.2, 0.25) is 5.91 Å². The van der Waals surface area contributed by atoms with Crippen LogP contribution in [0, 0.1) is 11.3 Å². The van der Waals surface area contributed by atoms with Crippen LogP contribution in [0.1, 0.15) is 18.9 Å². The lowest BCUT2D eigenvalue weighted by atomic mass is 10.2. The highest BCUT2D eigenvalue weighted by molar-refractivity contribution is 7.99. The Labute approximate surface area is 133 Å². The van der Waals surface area contributed by atoms with Crippen LogP contribution in [-0.4, -0.2) is 27.2 Å². The molecule has 1 heterocycles. The summed E-state index contributed by atoms with van der Waals surface area (Å²) in [5, 5.41) is 15.8. The highest BCUT2D eigenvalue weighted by atomic mass is 32.2. The van der Waals surface area contributed by atoms with Crippen molar-refractivity contribution in [3.8, 4) is 11.8 Å². The van der Waals surface area contributed by atoms with Crippen molar-refractivity contribution in [3.05, 3.63) is 36.0 Å². The van der Waals surface area contributed by atoms with Crippen LogP contribution in [0.4, 0.5) is 11.5 Å². The number of rotatable bonds is 6. The zero-order chi connectivity index (χ0) is 15.9. The number of nitrogens with two attached hydrogens (primary N) is 1. The molecule has 0 radical (unpaired) electrons. The highest BCUT2D eigenvalue weighted by Crippen LogP contribution is 2.18. The van der Waals surface area contributed by atoms with Crippen molar-refractivity contribution in [2.45, 2.75) is 13.3 Å². The molecule has 0 spiro atoms. The van der Waals surface area contributed by atoms with Crippen LogP contribution in [0.15, 0.2) is 30.5 Å². The van der Waals surface area contributed by atoms with E-state index in [2.05, 4.69) is 17.3 Å². The molecule has 0 aliphatic rings. The first-order chi connectivity index (χ1) is 10.7. The van der Waals surface area contributed by atoms with Gasteiger partial charge in [-0.3, -0.25) is 4.79 Å². The molecule has 1 amide bonds. The number of nitrogen functional groups attached to an aromatic ring is 1. The second-order valence-corrected chi connectivity index (χ2v) is 5.72. The van der Waals surface area contributed by atoms with Gasteiger partial charge in [-0.25, -0.2) is 4.68 Å². The van der Waals surface area contributed by atoms with Crippen LogP contribution in [-0.2, 0) is 4.79 Å². The SMILES string of the molecule is CCCSCC(=O)Nc1ccc(-n2ncc(C#N)c2N)cc1. The van der Waals surface area contributed by atoms with Crippen LogP contribution in [0.2, 0.25) is 0 Å². The van der Waals surface area contributed by atoms with E-state index in [0.29, 0.717) is 17.1 Å². The van der Waals surface area contributed by atoms with Gasteiger partial charge >= 0.3 is 0 Å². The van der Waals surface area contributed by atoms with Crippen molar-refractivity contribution in [2.24, 2.45) is 0 Å². The van der Waals surface area contributed by atoms with Gasteiger partial charge in [-0.05, 0) is 36.4 Å². The summed E-state index contributed by atoms with van der Waals surface area (Å²) in [4.78, 5) is 11.7. The largest absolute Gasteiger partial charge is 0.382 e. The Bertz CT molecular complexity index is 687. The second-order valence-electron chi connectivity index (χ2n) is 4.61. The number of hydrogen-bond acceptors (Lipinski definition) is 5. The number of hydrogen-bond donors (Lipinski definition) is 2. The molecule has 3 N–H and O–H groups in total. The fraction of sp³-hybridized carbons (Fsp3) is 0.267. The van der Waals surface area contributed by atoms with Crippen molar-refractivity contribution in [1.82, 2.24) is 9.78 Å². The molecule has 22 heavy (non-hydrogen) atoms. The number of thioether (sulfide) groups is 1. The van der Waals surface area contributed by atoms with Crippen LogP contribution < -0.4 is 11.1 Å². The molecular formula is C15H17N5OS. The number of aromatic nitrogens is 2. The summed E-state index contributed by atoms with van der Waals surface area (Å²) in [5.74, 6) is 1.71. The van der Waals surface area contributed by atoms with Crippen LogP contribution >= 0.6 is 11.8 Å². The van der Waals surface area contributed by atoms with E-state index in [1.165, 1.54) is 10.9 Å². The van der Waals surface area contributed by atoms with Gasteiger partial charge in [0.1, 0.15) is 17.5 Å². The van der Waals surface area contributed by atoms with Gasteiger partial charge in [0.05, 0.1) is 17.6 Å². The molecule has 0 saturated heterocycles. The minimum atomic E-state index is -0.0171. The molecule has 0 bridgehead atoms. The summed E-state index contributed by atoms with van der Waals surface area (Å²) in [5.41, 5.74) is 7.63. The van der Waals surface area contributed by atoms with Gasteiger partial charge in [0.15, 0.2) is 0 Å². The number of carbonyl (C=O) groups excluding carboxylic acids is 1. The van der Waals surface area contributed by atoms with Crippen LogP contribution in [0.3, 0.4) is 0 Å². The zero-order valence-electron chi connectivity index (χ0n) is 12.2. The van der Waals surface area contributed by atoms with Gasteiger partial charge in [0.25, 0.3) is 0 Å². The van der Waals surface area contributed by atoms with Gasteiger partial charge in [-0.2, -0.15) is 22.1 Å². The maximum absolute atomic E-state index is 11.7. The fourth-order valence-electron chi connectivity index (χ4n) is 1.84. The Balaban J connectivity index is 2.03. The maximum Gasteiger partial charge on any atom is 0.234 e. The van der Waals surface area contributed by atoms with E-state index < -0.39 is 0 Å². The lowest BCUT2D eigenvalue weighted by Crippen LogP contribution is -2.14. The van der Waals surface area contributed by atoms with Crippen molar-refractivity contribution in [1.29, 1.82) is 5.26 Å². The van der Waals surface area contributed by atoms with Gasteiger partial charge in [-0.1, -0.05) is 6.92 Å². The Morgan fingerprint density at radius 2 is 2.18 bits per heavy atom. The molecule has 114 valence electrons. The number of anilines is 2. The lowest BCUT2D eigenvalue weighted by Gasteiger charge is -2.07. The average molecular weight is 315 g/mol. The van der Waals surface area contributed by atoms with Gasteiger partial charge < -0.3 is 11.1 Å². The third-order valence-corrected chi connectivity index (χ3v) is 4.07. The van der Waals surface area contributed by atoms with E-state index in [4.69, 9.17) is 11.0 Å². The molecule has 0 aliphatic carbocycles. The van der Waals surface area contributed by atoms with E-state index in [0.717, 1.165) is 23.5 Å². The molecular weight excluding hydrogens is 298 g/mol. The number of nitrogens with one attached hydrogen (secondary N) is 1. The predicted octanol–water partition coefficient (Wildman–Crippen LogP) is 2.41. The van der Waals surface area contributed by atoms with E-state index in [1.54, 1.807) is 36.0 Å². The lowest BCUT2D eigenvalue weighted by molar-refractivity contribution is -0.113. The first-order valence-corrected chi connectivity index (χ1v) is 8.02. The number of nitriles is 1. The van der Waals surface area contributed by atoms with Crippen LogP contribution in [0.25, 0.3) is 5.69 Å². The molecule has 0 unspecified atom stereocenters. The third kappa shape index (κ3) is 3.80. The van der Waals surface area contributed by atoms with E-state index >= 15 is 0 Å². The first-order valence-electron chi connectivity index (χ1n) is 6.87. The van der Waals surface area contributed by atoms with E-state index in [-0.39, 0.29) is 5.91 Å². The van der Waals surface area contributed by atoms with Gasteiger partial charge in [-0.15, -0.1) is 0 Å². The smallest absolute Gasteiger partial charge is 0.234 e. The molecule has 0 atom stereocenters. The van der Waals surface area contributed by atoms with Crippen molar-refractivity contribution in [2.75, 3.05) is 22.6 Å². The summed E-state index contributed by atoms with van der Waals surface area (Å²) >= 11 is 1.61. The summed E-state index contributed by atoms with van der Waals surface area (Å²) in [6.45, 7) is 2.09. The Hall–Kier alpha value is -2.46. The third-order valence-electron chi connectivity index (χ3n) is 2.90. The monoisotopic (exact) mass is 315 g/mol. The van der Waals surface area contributed by atoms with Crippen molar-refractivity contribution >= 4 is 29.2 Å². The molecule has 6 nitrogen and oxygen atoms in total. The quantitative estimate of drug-likeness (QED) is 0.798. The second kappa shape index (κ2) is 7.52. The number of carbonyl (C=O) groups is 1. The number of nitrogens with zero attached hydrogens (tertiary/aromatic N) is 3. The Morgan fingerprint density at radius 3 is 2.77 bits per heavy atom. The zero-order valence-corrected chi connectivity index (χ0v) is 13.1. The minimum Gasteiger partial charge on any atom is -0.382 e. The predicted molar refractivity (Wildman–Crippen MR) is 88.9 cm³/mol. The minimum absolute atomic E-state index is 0.0171. The molecule has 0 aliphatic heterocycles. The fourth-order valence-corrected chi connectivity index (χ4v) is 2.53. The first kappa shape index (κ1) is 15.9. The molecule has 1 aromatic carbocycles. The number of amides is 1. The summed E-state index contributed by atoms with van der Waals surface area (Å²) in [7, 11) is 0. The van der Waals surface area contributed by atoms with E-state index in [9.17, 15) is 4.79 Å². The molecule has 0 fully saturated rings.